The first-order valence-corrected chi connectivity index (χ1v) is 2.40. The minimum Gasteiger partial charge on any atom is -0.272 e. The smallest absolute Gasteiger partial charge is 0.0877 e. The molecule has 3 heteroatoms. The van der Waals surface area contributed by atoms with Crippen LogP contribution in [0.3, 0.4) is 0 Å². The minimum absolute atomic E-state index is 0.898. The zero-order chi connectivity index (χ0) is 4.41. The first-order chi connectivity index (χ1) is 2.89. The average molecular weight is 100 g/mol. The van der Waals surface area contributed by atoms with Gasteiger partial charge in [-0.05, 0) is 0 Å². The number of rotatable bonds is 0. The summed E-state index contributed by atoms with van der Waals surface area (Å²) in [6.07, 6.45) is 0. The fourth-order valence-corrected chi connectivity index (χ4v) is 0.553. The van der Waals surface area contributed by atoms with Crippen LogP contribution in [0.1, 0.15) is 0 Å². The summed E-state index contributed by atoms with van der Waals surface area (Å²) in [4.78, 5) is 0. The van der Waals surface area contributed by atoms with E-state index < -0.39 is 0 Å². The molecule has 0 unspecified atom stereocenters. The Labute approximate surface area is 40.3 Å². The third-order valence-electron chi connectivity index (χ3n) is 0.437. The molecule has 0 aliphatic carbocycles. The molecule has 0 atom stereocenters. The molecule has 0 fully saturated rings. The quantitative estimate of drug-likeness (QED) is 0.485. The fraction of sp³-hybridized carbons (Fsp3) is 0. The second-order valence-corrected chi connectivity index (χ2v) is 1.83. The van der Waals surface area contributed by atoms with E-state index in [1.165, 1.54) is 11.8 Å². The van der Waals surface area contributed by atoms with Gasteiger partial charge in [0.2, 0.25) is 0 Å². The van der Waals surface area contributed by atoms with Gasteiger partial charge in [-0.3, -0.25) is 5.43 Å². The summed E-state index contributed by atoms with van der Waals surface area (Å²) >= 11 is 1.50. The van der Waals surface area contributed by atoms with Crippen molar-refractivity contribution in [1.82, 2.24) is 5.43 Å². The minimum atomic E-state index is 0.898. The van der Waals surface area contributed by atoms with Crippen LogP contribution in [0, 0.1) is 0 Å². The summed E-state index contributed by atoms with van der Waals surface area (Å²) < 4.78 is 0. The molecule has 2 nitrogen and oxygen atoms in total. The number of hydrazone groups is 1. The van der Waals surface area contributed by atoms with Crippen LogP contribution in [-0.4, -0.2) is 5.55 Å². The normalized spacial score (nSPS) is 18.3. The Kier molecular flexibility index (Phi) is 0.837. The molecular weight excluding hydrogens is 96.1 g/mol. The van der Waals surface area contributed by atoms with Crippen molar-refractivity contribution in [3.63, 3.8) is 0 Å². The lowest BCUT2D eigenvalue weighted by Gasteiger charge is -1.83. The second-order valence-electron chi connectivity index (χ2n) is 0.887. The molecule has 1 aliphatic heterocycles. The topological polar surface area (TPSA) is 24.4 Å². The van der Waals surface area contributed by atoms with Crippen molar-refractivity contribution in [2.24, 2.45) is 5.10 Å². The molecule has 1 N–H and O–H groups in total. The van der Waals surface area contributed by atoms with Crippen molar-refractivity contribution < 1.29 is 0 Å². The molecule has 0 saturated carbocycles. The Balaban J connectivity index is 2.52. The van der Waals surface area contributed by atoms with E-state index in [4.69, 9.17) is 0 Å². The Bertz CT molecular complexity index is 87.0. The molecule has 0 bridgehead atoms. The predicted molar refractivity (Wildman–Crippen MR) is 28.4 cm³/mol. The van der Waals surface area contributed by atoms with Gasteiger partial charge in [0.25, 0.3) is 0 Å². The molecular formula is C3H4N2S. The molecule has 0 aromatic heterocycles. The van der Waals surface area contributed by atoms with Crippen LogP contribution in [0.5, 0.6) is 0 Å². The van der Waals surface area contributed by atoms with Gasteiger partial charge in [-0.1, -0.05) is 18.3 Å². The molecule has 0 spiro atoms. The van der Waals surface area contributed by atoms with Gasteiger partial charge in [0, 0.05) is 0 Å². The molecule has 1 rings (SSSR count). The van der Waals surface area contributed by atoms with Crippen LogP contribution in [0.25, 0.3) is 0 Å². The van der Waals surface area contributed by atoms with Crippen LogP contribution in [-0.2, 0) is 0 Å². The molecule has 0 radical (unpaired) electrons. The van der Waals surface area contributed by atoms with Gasteiger partial charge in [0.05, 0.1) is 10.6 Å². The van der Waals surface area contributed by atoms with Crippen molar-refractivity contribution in [1.29, 1.82) is 0 Å². The third-order valence-corrected chi connectivity index (χ3v) is 1.02. The van der Waals surface area contributed by atoms with E-state index in [1.54, 1.807) is 5.55 Å². The van der Waals surface area contributed by atoms with Crippen molar-refractivity contribution in [3.8, 4) is 0 Å². The lowest BCUT2D eigenvalue weighted by Crippen LogP contribution is -1.90. The average Bonchev–Trinajstić information content (AvgIpc) is 1.86. The second kappa shape index (κ2) is 1.34. The maximum absolute atomic E-state index is 3.65. The number of hydrogen-bond acceptors (Lipinski definition) is 3. The summed E-state index contributed by atoms with van der Waals surface area (Å²) in [6, 6.07) is 0. The Morgan fingerprint density at radius 2 is 2.83 bits per heavy atom. The van der Waals surface area contributed by atoms with Gasteiger partial charge in [-0.25, -0.2) is 0 Å². The Morgan fingerprint density at radius 3 is 3.00 bits per heavy atom. The highest BCUT2D eigenvalue weighted by molar-refractivity contribution is 8.15. The monoisotopic (exact) mass is 100 g/mol. The fourth-order valence-electron chi connectivity index (χ4n) is 0.215. The van der Waals surface area contributed by atoms with Gasteiger partial charge in [0.15, 0.2) is 0 Å². The van der Waals surface area contributed by atoms with Crippen LogP contribution < -0.4 is 5.43 Å². The van der Waals surface area contributed by atoms with E-state index in [-0.39, 0.29) is 0 Å². The SMILES string of the molecule is C=C1NN=CS1. The van der Waals surface area contributed by atoms with E-state index in [0.717, 1.165) is 5.03 Å². The summed E-state index contributed by atoms with van der Waals surface area (Å²) in [6.45, 7) is 3.58. The zero-order valence-corrected chi connectivity index (χ0v) is 3.96. The van der Waals surface area contributed by atoms with E-state index >= 15 is 0 Å². The number of hydrogen-bond donors (Lipinski definition) is 1. The summed E-state index contributed by atoms with van der Waals surface area (Å²) in [5.41, 5.74) is 4.37. The van der Waals surface area contributed by atoms with Crippen molar-refractivity contribution in [3.05, 3.63) is 11.6 Å². The number of thioether (sulfide) groups is 1. The van der Waals surface area contributed by atoms with Crippen molar-refractivity contribution in [2.45, 2.75) is 0 Å². The first kappa shape index (κ1) is 3.74. The van der Waals surface area contributed by atoms with Crippen LogP contribution in [0.4, 0.5) is 0 Å². The lowest BCUT2D eigenvalue weighted by atomic mass is 11.1. The number of nitrogens with one attached hydrogen (secondary N) is 1. The number of nitrogens with zero attached hydrogens (tertiary/aromatic N) is 1. The van der Waals surface area contributed by atoms with Crippen LogP contribution >= 0.6 is 11.8 Å². The van der Waals surface area contributed by atoms with Crippen molar-refractivity contribution in [2.75, 3.05) is 0 Å². The van der Waals surface area contributed by atoms with E-state index in [2.05, 4.69) is 17.1 Å². The molecule has 0 saturated heterocycles. The lowest BCUT2D eigenvalue weighted by molar-refractivity contribution is 0.978. The van der Waals surface area contributed by atoms with Crippen LogP contribution in [0.15, 0.2) is 16.7 Å². The summed E-state index contributed by atoms with van der Waals surface area (Å²) in [5.74, 6) is 0. The van der Waals surface area contributed by atoms with Crippen molar-refractivity contribution >= 4 is 17.3 Å². The Hall–Kier alpha value is -0.440. The highest BCUT2D eigenvalue weighted by atomic mass is 32.2. The largest absolute Gasteiger partial charge is 0.272 e. The summed E-state index contributed by atoms with van der Waals surface area (Å²) in [7, 11) is 0. The third kappa shape index (κ3) is 0.542. The molecule has 32 valence electrons. The zero-order valence-electron chi connectivity index (χ0n) is 3.14. The predicted octanol–water partition coefficient (Wildman–Crippen LogP) is 0.737. The van der Waals surface area contributed by atoms with E-state index in [0.29, 0.717) is 0 Å². The molecule has 0 amide bonds. The molecule has 1 aliphatic rings. The molecule has 0 aromatic carbocycles. The van der Waals surface area contributed by atoms with E-state index in [9.17, 15) is 0 Å². The maximum Gasteiger partial charge on any atom is 0.0877 e. The maximum atomic E-state index is 3.65. The molecule has 1 heterocycles. The standard InChI is InChI=1S/C3H4N2S/c1-3-5-4-2-6-3/h2,5H,1H2. The molecule has 0 aromatic rings. The van der Waals surface area contributed by atoms with Gasteiger partial charge in [-0.15, -0.1) is 0 Å². The van der Waals surface area contributed by atoms with Crippen LogP contribution in [0.2, 0.25) is 0 Å². The van der Waals surface area contributed by atoms with Gasteiger partial charge >= 0.3 is 0 Å². The molecule has 6 heavy (non-hydrogen) atoms. The summed E-state index contributed by atoms with van der Waals surface area (Å²) in [5, 5.41) is 4.55. The van der Waals surface area contributed by atoms with Gasteiger partial charge in [0.1, 0.15) is 0 Å². The highest BCUT2D eigenvalue weighted by Crippen LogP contribution is 2.09. The van der Waals surface area contributed by atoms with Gasteiger partial charge < -0.3 is 0 Å². The highest BCUT2D eigenvalue weighted by Gasteiger charge is 1.92. The van der Waals surface area contributed by atoms with E-state index in [1.807, 2.05) is 0 Å². The van der Waals surface area contributed by atoms with Gasteiger partial charge in [-0.2, -0.15) is 5.10 Å². The Morgan fingerprint density at radius 1 is 2.00 bits per heavy atom. The first-order valence-electron chi connectivity index (χ1n) is 1.53.